The van der Waals surface area contributed by atoms with Gasteiger partial charge in [0.1, 0.15) is 5.82 Å². The van der Waals surface area contributed by atoms with Gasteiger partial charge in [0, 0.05) is 29.2 Å². The van der Waals surface area contributed by atoms with Crippen LogP contribution in [0.25, 0.3) is 10.9 Å². The number of fused-ring (bicyclic) bond motifs is 1. The summed E-state index contributed by atoms with van der Waals surface area (Å²) in [5.74, 6) is -0.316. The highest BCUT2D eigenvalue weighted by Gasteiger charge is 2.34. The molecule has 0 spiro atoms. The van der Waals surface area contributed by atoms with E-state index in [0.29, 0.717) is 17.7 Å². The fourth-order valence-electron chi connectivity index (χ4n) is 3.20. The first-order valence-electron chi connectivity index (χ1n) is 8.54. The second-order valence-electron chi connectivity index (χ2n) is 6.58. The SMILES string of the molecule is Cc1cc(C(=O)N(Cc2ccccc2F)C2CC2)c2ccccc2n1. The number of carbonyl (C=O) groups is 1. The number of para-hydroxylation sites is 1. The van der Waals surface area contributed by atoms with E-state index in [1.165, 1.54) is 6.07 Å². The van der Waals surface area contributed by atoms with Crippen molar-refractivity contribution < 1.29 is 9.18 Å². The van der Waals surface area contributed by atoms with Gasteiger partial charge in [-0.3, -0.25) is 9.78 Å². The van der Waals surface area contributed by atoms with Crippen LogP contribution in [-0.2, 0) is 6.54 Å². The molecule has 126 valence electrons. The third kappa shape index (κ3) is 3.12. The van der Waals surface area contributed by atoms with Crippen molar-refractivity contribution in [2.75, 3.05) is 0 Å². The third-order valence-electron chi connectivity index (χ3n) is 4.62. The summed E-state index contributed by atoms with van der Waals surface area (Å²) in [5, 5.41) is 0.845. The summed E-state index contributed by atoms with van der Waals surface area (Å²) in [4.78, 5) is 19.6. The molecule has 0 saturated heterocycles. The Balaban J connectivity index is 1.74. The molecule has 0 atom stereocenters. The smallest absolute Gasteiger partial charge is 0.255 e. The highest BCUT2D eigenvalue weighted by Crippen LogP contribution is 2.31. The number of benzene rings is 2. The Bertz CT molecular complexity index is 950. The van der Waals surface area contributed by atoms with Crippen LogP contribution in [0.1, 0.15) is 34.5 Å². The van der Waals surface area contributed by atoms with Gasteiger partial charge in [0.05, 0.1) is 11.1 Å². The lowest BCUT2D eigenvalue weighted by Crippen LogP contribution is -2.33. The number of hydrogen-bond donors (Lipinski definition) is 0. The summed E-state index contributed by atoms with van der Waals surface area (Å²) in [7, 11) is 0. The van der Waals surface area contributed by atoms with E-state index >= 15 is 0 Å². The molecule has 1 fully saturated rings. The first-order valence-corrected chi connectivity index (χ1v) is 8.54. The summed E-state index contributed by atoms with van der Waals surface area (Å²) in [6.07, 6.45) is 1.95. The lowest BCUT2D eigenvalue weighted by molar-refractivity contribution is 0.0730. The summed E-state index contributed by atoms with van der Waals surface area (Å²) in [5.41, 5.74) is 2.82. The topological polar surface area (TPSA) is 33.2 Å². The molecule has 4 rings (SSSR count). The summed E-state index contributed by atoms with van der Waals surface area (Å²) < 4.78 is 14.1. The molecule has 1 aromatic heterocycles. The number of amides is 1. The average Bonchev–Trinajstić information content (AvgIpc) is 3.44. The van der Waals surface area contributed by atoms with Gasteiger partial charge in [-0.2, -0.15) is 0 Å². The molecule has 25 heavy (non-hydrogen) atoms. The van der Waals surface area contributed by atoms with Crippen LogP contribution in [0.3, 0.4) is 0 Å². The molecule has 0 radical (unpaired) electrons. The highest BCUT2D eigenvalue weighted by atomic mass is 19.1. The lowest BCUT2D eigenvalue weighted by atomic mass is 10.1. The van der Waals surface area contributed by atoms with Crippen LogP contribution in [0.5, 0.6) is 0 Å². The normalized spacial score (nSPS) is 13.8. The monoisotopic (exact) mass is 334 g/mol. The Kier molecular flexibility index (Phi) is 3.96. The molecule has 0 N–H and O–H groups in total. The van der Waals surface area contributed by atoms with Gasteiger partial charge >= 0.3 is 0 Å². The lowest BCUT2D eigenvalue weighted by Gasteiger charge is -2.24. The quantitative estimate of drug-likeness (QED) is 0.704. The second kappa shape index (κ2) is 6.28. The maximum Gasteiger partial charge on any atom is 0.255 e. The molecule has 0 unspecified atom stereocenters. The van der Waals surface area contributed by atoms with Crippen molar-refractivity contribution in [1.29, 1.82) is 0 Å². The van der Waals surface area contributed by atoms with Crippen molar-refractivity contribution in [3.8, 4) is 0 Å². The summed E-state index contributed by atoms with van der Waals surface area (Å²) >= 11 is 0. The van der Waals surface area contributed by atoms with Gasteiger partial charge in [-0.05, 0) is 38.0 Å². The van der Waals surface area contributed by atoms with Crippen molar-refractivity contribution in [2.24, 2.45) is 0 Å². The average molecular weight is 334 g/mol. The van der Waals surface area contributed by atoms with E-state index < -0.39 is 0 Å². The molecular formula is C21H19FN2O. The van der Waals surface area contributed by atoms with Gasteiger partial charge in [0.2, 0.25) is 0 Å². The predicted octanol–water partition coefficient (Wildman–Crippen LogP) is 4.49. The van der Waals surface area contributed by atoms with Crippen LogP contribution in [0.15, 0.2) is 54.6 Å². The zero-order valence-electron chi connectivity index (χ0n) is 14.1. The molecule has 2 aromatic carbocycles. The number of pyridine rings is 1. The minimum absolute atomic E-state index is 0.0487. The van der Waals surface area contributed by atoms with Gasteiger partial charge in [-0.1, -0.05) is 36.4 Å². The van der Waals surface area contributed by atoms with Gasteiger partial charge in [0.15, 0.2) is 0 Å². The van der Waals surface area contributed by atoms with Gasteiger partial charge in [-0.15, -0.1) is 0 Å². The van der Waals surface area contributed by atoms with Gasteiger partial charge < -0.3 is 4.90 Å². The largest absolute Gasteiger partial charge is 0.331 e. The third-order valence-corrected chi connectivity index (χ3v) is 4.62. The second-order valence-corrected chi connectivity index (χ2v) is 6.58. The standard InChI is InChI=1S/C21H19FN2O/c1-14-12-18(17-7-3-5-9-20(17)23-14)21(25)24(16-10-11-16)13-15-6-2-4-8-19(15)22/h2-9,12,16H,10-11,13H2,1H3. The minimum atomic E-state index is -0.267. The van der Waals surface area contributed by atoms with Crippen molar-refractivity contribution in [3.05, 3.63) is 77.2 Å². The Morgan fingerprint density at radius 2 is 1.88 bits per heavy atom. The molecule has 1 heterocycles. The number of rotatable bonds is 4. The Labute approximate surface area is 146 Å². The fourth-order valence-corrected chi connectivity index (χ4v) is 3.20. The molecule has 4 heteroatoms. The maximum atomic E-state index is 14.1. The first-order chi connectivity index (χ1) is 12.1. The number of hydrogen-bond acceptors (Lipinski definition) is 2. The first kappa shape index (κ1) is 15.8. The molecule has 1 aliphatic rings. The van der Waals surface area contributed by atoms with E-state index in [0.717, 1.165) is 29.4 Å². The van der Waals surface area contributed by atoms with E-state index in [2.05, 4.69) is 4.98 Å². The van der Waals surface area contributed by atoms with E-state index in [1.807, 2.05) is 37.3 Å². The summed E-state index contributed by atoms with van der Waals surface area (Å²) in [6, 6.07) is 16.4. The zero-order chi connectivity index (χ0) is 17.4. The highest BCUT2D eigenvalue weighted by molar-refractivity contribution is 6.06. The number of aromatic nitrogens is 1. The number of carbonyl (C=O) groups excluding carboxylic acids is 1. The Morgan fingerprint density at radius 3 is 2.64 bits per heavy atom. The van der Waals surface area contributed by atoms with Crippen LogP contribution < -0.4 is 0 Å². The van der Waals surface area contributed by atoms with E-state index in [1.54, 1.807) is 23.1 Å². The number of halogens is 1. The molecular weight excluding hydrogens is 315 g/mol. The maximum absolute atomic E-state index is 14.1. The molecule has 0 bridgehead atoms. The van der Waals surface area contributed by atoms with Crippen LogP contribution in [0.4, 0.5) is 4.39 Å². The van der Waals surface area contributed by atoms with E-state index in [4.69, 9.17) is 0 Å². The van der Waals surface area contributed by atoms with Crippen LogP contribution in [-0.4, -0.2) is 21.8 Å². The molecule has 1 aliphatic carbocycles. The molecule has 0 aliphatic heterocycles. The molecule has 1 saturated carbocycles. The van der Waals surface area contributed by atoms with Crippen molar-refractivity contribution in [3.63, 3.8) is 0 Å². The van der Waals surface area contributed by atoms with Crippen LogP contribution in [0, 0.1) is 12.7 Å². The van der Waals surface area contributed by atoms with Gasteiger partial charge in [-0.25, -0.2) is 4.39 Å². The van der Waals surface area contributed by atoms with Crippen molar-refractivity contribution in [1.82, 2.24) is 9.88 Å². The zero-order valence-corrected chi connectivity index (χ0v) is 14.1. The molecule has 3 aromatic rings. The molecule has 1 amide bonds. The van der Waals surface area contributed by atoms with Crippen molar-refractivity contribution >= 4 is 16.8 Å². The fraction of sp³-hybridized carbons (Fsp3) is 0.238. The van der Waals surface area contributed by atoms with Crippen molar-refractivity contribution in [2.45, 2.75) is 32.4 Å². The van der Waals surface area contributed by atoms with Gasteiger partial charge in [0.25, 0.3) is 5.91 Å². The predicted molar refractivity (Wildman–Crippen MR) is 95.8 cm³/mol. The van der Waals surface area contributed by atoms with Crippen LogP contribution in [0.2, 0.25) is 0 Å². The van der Waals surface area contributed by atoms with E-state index in [9.17, 15) is 9.18 Å². The Hall–Kier alpha value is -2.75. The number of aryl methyl sites for hydroxylation is 1. The van der Waals surface area contributed by atoms with Crippen LogP contribution >= 0.6 is 0 Å². The summed E-state index contributed by atoms with van der Waals surface area (Å²) in [6.45, 7) is 2.19. The Morgan fingerprint density at radius 1 is 1.16 bits per heavy atom. The molecule has 3 nitrogen and oxygen atoms in total. The number of nitrogens with zero attached hydrogens (tertiary/aromatic N) is 2. The minimum Gasteiger partial charge on any atom is -0.331 e. The van der Waals surface area contributed by atoms with E-state index in [-0.39, 0.29) is 17.8 Å².